The average Bonchev–Trinajstić information content (AvgIpc) is 3.24. The minimum absolute atomic E-state index is 0.643. The van der Waals surface area contributed by atoms with E-state index in [4.69, 9.17) is 17.3 Å². The Kier molecular flexibility index (Phi) is 5.24. The zero-order valence-corrected chi connectivity index (χ0v) is 17.6. The van der Waals surface area contributed by atoms with Crippen molar-refractivity contribution in [2.75, 3.05) is 6.54 Å². The zero-order valence-electron chi connectivity index (χ0n) is 16.9. The maximum Gasteiger partial charge on any atom is 0.108 e. The van der Waals surface area contributed by atoms with Gasteiger partial charge in [0.05, 0.1) is 17.2 Å². The van der Waals surface area contributed by atoms with Gasteiger partial charge in [-0.05, 0) is 53.9 Å². The predicted molar refractivity (Wildman–Crippen MR) is 130 cm³/mol. The third kappa shape index (κ3) is 3.83. The summed E-state index contributed by atoms with van der Waals surface area (Å²) in [6, 6.07) is 22.6. The van der Waals surface area contributed by atoms with E-state index in [2.05, 4.69) is 63.1 Å². The van der Waals surface area contributed by atoms with E-state index in [0.29, 0.717) is 11.6 Å². The summed E-state index contributed by atoms with van der Waals surface area (Å²) in [5.74, 6) is 0. The highest BCUT2D eigenvalue weighted by molar-refractivity contribution is 6.33. The normalized spacial score (nSPS) is 11.7. The first-order chi connectivity index (χ1) is 15.2. The topological polar surface area (TPSA) is 56.7 Å². The van der Waals surface area contributed by atoms with E-state index in [1.54, 1.807) is 6.20 Å². The fourth-order valence-electron chi connectivity index (χ4n) is 3.79. The number of benzene rings is 3. The molecule has 0 atom stereocenters. The predicted octanol–water partition coefficient (Wildman–Crippen LogP) is 5.90. The van der Waals surface area contributed by atoms with Gasteiger partial charge in [0.2, 0.25) is 0 Å². The first kappa shape index (κ1) is 19.5. The molecule has 2 aromatic heterocycles. The van der Waals surface area contributed by atoms with Gasteiger partial charge in [-0.3, -0.25) is 9.55 Å². The molecule has 5 rings (SSSR count). The quantitative estimate of drug-likeness (QED) is 0.357. The number of aromatic nitrogens is 3. The number of rotatable bonds is 5. The molecule has 4 nitrogen and oxygen atoms in total. The molecule has 0 amide bonds. The van der Waals surface area contributed by atoms with Crippen LogP contribution in [0.3, 0.4) is 0 Å². The fourth-order valence-corrected chi connectivity index (χ4v) is 4.02. The standard InChI is InChI=1S/C26H21ClN4/c27-23-15-24-22(14-20(23)9-6-18-4-2-1-3-5-18)26-25(16-29-24)30-17-31(26)21-10-7-19(8-11-21)12-13-28/h1-11,14-17H,12-13,28H2. The first-order valence-corrected chi connectivity index (χ1v) is 10.6. The van der Waals surface area contributed by atoms with Crippen molar-refractivity contribution in [3.63, 3.8) is 0 Å². The molecule has 0 saturated heterocycles. The van der Waals surface area contributed by atoms with Gasteiger partial charge in [0.25, 0.3) is 0 Å². The Balaban J connectivity index is 1.64. The number of fused-ring (bicyclic) bond motifs is 3. The smallest absolute Gasteiger partial charge is 0.108 e. The van der Waals surface area contributed by atoms with Gasteiger partial charge < -0.3 is 5.73 Å². The highest BCUT2D eigenvalue weighted by Crippen LogP contribution is 2.31. The lowest BCUT2D eigenvalue weighted by Gasteiger charge is -2.09. The molecule has 0 saturated carbocycles. The van der Waals surface area contributed by atoms with Gasteiger partial charge in [-0.15, -0.1) is 0 Å². The van der Waals surface area contributed by atoms with Crippen LogP contribution in [0.4, 0.5) is 0 Å². The molecule has 2 N–H and O–H groups in total. The minimum Gasteiger partial charge on any atom is -0.330 e. The summed E-state index contributed by atoms with van der Waals surface area (Å²) < 4.78 is 2.10. The summed E-state index contributed by atoms with van der Waals surface area (Å²) in [7, 11) is 0. The second kappa shape index (κ2) is 8.34. The van der Waals surface area contributed by atoms with Gasteiger partial charge >= 0.3 is 0 Å². The Bertz CT molecular complexity index is 1390. The molecule has 0 spiro atoms. The molecule has 0 unspecified atom stereocenters. The maximum atomic E-state index is 6.57. The fraction of sp³-hybridized carbons (Fsp3) is 0.0769. The Labute approximate surface area is 185 Å². The Hall–Kier alpha value is -3.47. The van der Waals surface area contributed by atoms with E-state index in [1.807, 2.05) is 36.7 Å². The molecule has 5 heteroatoms. The van der Waals surface area contributed by atoms with Gasteiger partial charge in [-0.2, -0.15) is 0 Å². The van der Waals surface area contributed by atoms with Crippen molar-refractivity contribution in [1.82, 2.24) is 14.5 Å². The van der Waals surface area contributed by atoms with Crippen LogP contribution in [0.2, 0.25) is 5.02 Å². The van der Waals surface area contributed by atoms with Crippen LogP contribution in [0.15, 0.2) is 79.3 Å². The maximum absolute atomic E-state index is 6.57. The lowest BCUT2D eigenvalue weighted by Crippen LogP contribution is -2.02. The van der Waals surface area contributed by atoms with Gasteiger partial charge in [0.15, 0.2) is 0 Å². The number of halogens is 1. The van der Waals surface area contributed by atoms with Crippen molar-refractivity contribution in [3.05, 3.63) is 101 Å². The molecule has 152 valence electrons. The molecule has 0 fully saturated rings. The van der Waals surface area contributed by atoms with Gasteiger partial charge in [0, 0.05) is 16.1 Å². The summed E-state index contributed by atoms with van der Waals surface area (Å²) in [4.78, 5) is 9.16. The molecule has 2 heterocycles. The number of hydrogen-bond donors (Lipinski definition) is 1. The van der Waals surface area contributed by atoms with Crippen molar-refractivity contribution in [2.24, 2.45) is 5.73 Å². The molecular weight excluding hydrogens is 404 g/mol. The third-order valence-electron chi connectivity index (χ3n) is 5.39. The largest absolute Gasteiger partial charge is 0.330 e. The summed E-state index contributed by atoms with van der Waals surface area (Å²) >= 11 is 6.57. The van der Waals surface area contributed by atoms with Crippen molar-refractivity contribution < 1.29 is 0 Å². The van der Waals surface area contributed by atoms with Crippen LogP contribution >= 0.6 is 11.6 Å². The second-order valence-corrected chi connectivity index (χ2v) is 7.85. The molecule has 0 aliphatic rings. The number of hydrogen-bond acceptors (Lipinski definition) is 3. The SMILES string of the molecule is NCCc1ccc(-n2cnc3cnc4cc(Cl)c(C=Cc5ccccc5)cc4c32)cc1. The van der Waals surface area contributed by atoms with Crippen molar-refractivity contribution >= 4 is 45.7 Å². The van der Waals surface area contributed by atoms with Gasteiger partial charge in [-0.1, -0.05) is 66.2 Å². The van der Waals surface area contributed by atoms with Crippen LogP contribution in [-0.4, -0.2) is 21.1 Å². The zero-order chi connectivity index (χ0) is 21.2. The van der Waals surface area contributed by atoms with Crippen LogP contribution in [0.25, 0.3) is 39.8 Å². The number of imidazole rings is 1. The molecule has 0 aliphatic heterocycles. The van der Waals surface area contributed by atoms with Crippen LogP contribution in [0, 0.1) is 0 Å². The van der Waals surface area contributed by atoms with Crippen molar-refractivity contribution in [2.45, 2.75) is 6.42 Å². The Morgan fingerprint density at radius 2 is 1.71 bits per heavy atom. The van der Waals surface area contributed by atoms with E-state index in [0.717, 1.165) is 45.2 Å². The van der Waals surface area contributed by atoms with Crippen LogP contribution in [0.5, 0.6) is 0 Å². The van der Waals surface area contributed by atoms with Gasteiger partial charge in [-0.25, -0.2) is 4.98 Å². The van der Waals surface area contributed by atoms with Crippen molar-refractivity contribution in [3.8, 4) is 5.69 Å². The monoisotopic (exact) mass is 424 g/mol. The summed E-state index contributed by atoms with van der Waals surface area (Å²) in [6.45, 7) is 0.643. The highest BCUT2D eigenvalue weighted by atomic mass is 35.5. The molecule has 3 aromatic carbocycles. The Morgan fingerprint density at radius 1 is 0.903 bits per heavy atom. The van der Waals surface area contributed by atoms with Crippen LogP contribution in [0.1, 0.15) is 16.7 Å². The lowest BCUT2D eigenvalue weighted by molar-refractivity contribution is 0.966. The van der Waals surface area contributed by atoms with Crippen molar-refractivity contribution in [1.29, 1.82) is 0 Å². The second-order valence-electron chi connectivity index (χ2n) is 7.45. The van der Waals surface area contributed by atoms with Crippen LogP contribution in [-0.2, 0) is 6.42 Å². The third-order valence-corrected chi connectivity index (χ3v) is 5.72. The van der Waals surface area contributed by atoms with E-state index in [9.17, 15) is 0 Å². The number of pyridine rings is 1. The van der Waals surface area contributed by atoms with E-state index < -0.39 is 0 Å². The molecular formula is C26H21ClN4. The molecule has 0 radical (unpaired) electrons. The summed E-state index contributed by atoms with van der Waals surface area (Å²) in [5, 5.41) is 1.68. The van der Waals surface area contributed by atoms with E-state index in [-0.39, 0.29) is 0 Å². The first-order valence-electron chi connectivity index (χ1n) is 10.2. The average molecular weight is 425 g/mol. The van der Waals surface area contributed by atoms with E-state index in [1.165, 1.54) is 5.56 Å². The molecule has 0 bridgehead atoms. The molecule has 0 aliphatic carbocycles. The highest BCUT2D eigenvalue weighted by Gasteiger charge is 2.12. The van der Waals surface area contributed by atoms with Gasteiger partial charge in [0.1, 0.15) is 11.8 Å². The number of nitrogens with two attached hydrogens (primary N) is 1. The minimum atomic E-state index is 0.643. The number of nitrogens with zero attached hydrogens (tertiary/aromatic N) is 3. The lowest BCUT2D eigenvalue weighted by atomic mass is 10.1. The Morgan fingerprint density at radius 3 is 2.48 bits per heavy atom. The van der Waals surface area contributed by atoms with E-state index >= 15 is 0 Å². The summed E-state index contributed by atoms with van der Waals surface area (Å²) in [6.07, 6.45) is 8.62. The molecule has 5 aromatic rings. The summed E-state index contributed by atoms with van der Waals surface area (Å²) in [5.41, 5.74) is 12.7. The molecule has 31 heavy (non-hydrogen) atoms. The van der Waals surface area contributed by atoms with Crippen LogP contribution < -0.4 is 5.73 Å².